The quantitative estimate of drug-likeness (QED) is 0.761. The SMILES string of the molecule is CCCCCN(C)C(=O)Nc1ccccc1CC. The van der Waals surface area contributed by atoms with Crippen LogP contribution in [0.3, 0.4) is 0 Å². The molecule has 0 saturated heterocycles. The third-order valence-corrected chi connectivity index (χ3v) is 3.08. The third-order valence-electron chi connectivity index (χ3n) is 3.08. The van der Waals surface area contributed by atoms with E-state index in [1.54, 1.807) is 4.90 Å². The summed E-state index contributed by atoms with van der Waals surface area (Å²) in [6.45, 7) is 5.07. The minimum absolute atomic E-state index is 0.0213. The molecule has 0 aliphatic heterocycles. The maximum Gasteiger partial charge on any atom is 0.321 e. The monoisotopic (exact) mass is 248 g/mol. The van der Waals surface area contributed by atoms with Crippen molar-refractivity contribution < 1.29 is 4.79 Å². The Morgan fingerprint density at radius 1 is 1.22 bits per heavy atom. The summed E-state index contributed by atoms with van der Waals surface area (Å²) in [5.74, 6) is 0. The Kier molecular flexibility index (Phi) is 6.26. The molecule has 0 aromatic heterocycles. The highest BCUT2D eigenvalue weighted by atomic mass is 16.2. The zero-order valence-corrected chi connectivity index (χ0v) is 11.7. The smallest absolute Gasteiger partial charge is 0.321 e. The van der Waals surface area contributed by atoms with Gasteiger partial charge in [0.25, 0.3) is 0 Å². The molecule has 1 N–H and O–H groups in total. The Hall–Kier alpha value is -1.51. The first-order valence-electron chi connectivity index (χ1n) is 6.79. The summed E-state index contributed by atoms with van der Waals surface area (Å²) in [4.78, 5) is 13.7. The zero-order chi connectivity index (χ0) is 13.4. The van der Waals surface area contributed by atoms with Gasteiger partial charge in [-0.1, -0.05) is 44.9 Å². The Morgan fingerprint density at radius 3 is 2.61 bits per heavy atom. The lowest BCUT2D eigenvalue weighted by atomic mass is 10.1. The van der Waals surface area contributed by atoms with E-state index in [1.807, 2.05) is 31.3 Å². The summed E-state index contributed by atoms with van der Waals surface area (Å²) in [5.41, 5.74) is 2.10. The molecule has 0 unspecified atom stereocenters. The van der Waals surface area contributed by atoms with Gasteiger partial charge in [-0.2, -0.15) is 0 Å². The van der Waals surface area contributed by atoms with Crippen LogP contribution in [0.4, 0.5) is 10.5 Å². The molecule has 3 heteroatoms. The van der Waals surface area contributed by atoms with Gasteiger partial charge in [-0.25, -0.2) is 4.79 Å². The molecule has 0 aliphatic carbocycles. The Morgan fingerprint density at radius 2 is 1.94 bits per heavy atom. The van der Waals surface area contributed by atoms with Gasteiger partial charge in [-0.15, -0.1) is 0 Å². The highest BCUT2D eigenvalue weighted by molar-refractivity contribution is 5.89. The van der Waals surface area contributed by atoms with Crippen LogP contribution in [-0.2, 0) is 6.42 Å². The molecule has 0 aliphatic rings. The second kappa shape index (κ2) is 7.75. The number of hydrogen-bond acceptors (Lipinski definition) is 1. The van der Waals surface area contributed by atoms with Crippen molar-refractivity contribution in [2.24, 2.45) is 0 Å². The summed E-state index contributed by atoms with van der Waals surface area (Å²) in [6.07, 6.45) is 4.34. The Bertz CT molecular complexity index is 377. The molecule has 18 heavy (non-hydrogen) atoms. The molecule has 1 aromatic rings. The molecule has 0 saturated carbocycles. The van der Waals surface area contributed by atoms with E-state index in [4.69, 9.17) is 0 Å². The largest absolute Gasteiger partial charge is 0.328 e. The summed E-state index contributed by atoms with van der Waals surface area (Å²) < 4.78 is 0. The molecular formula is C15H24N2O. The second-order valence-electron chi connectivity index (χ2n) is 4.57. The average molecular weight is 248 g/mol. The highest BCUT2D eigenvalue weighted by Crippen LogP contribution is 2.15. The predicted molar refractivity (Wildman–Crippen MR) is 77.0 cm³/mol. The standard InChI is InChI=1S/C15H24N2O/c1-4-6-9-12-17(3)15(18)16-14-11-8-7-10-13(14)5-2/h7-8,10-11H,4-6,9,12H2,1-3H3,(H,16,18). The van der Waals surface area contributed by atoms with Crippen LogP contribution in [0, 0.1) is 0 Å². The molecular weight excluding hydrogens is 224 g/mol. The van der Waals surface area contributed by atoms with Gasteiger partial charge in [-0.05, 0) is 24.5 Å². The maximum absolute atomic E-state index is 12.0. The first-order valence-corrected chi connectivity index (χ1v) is 6.79. The van der Waals surface area contributed by atoms with Crippen LogP contribution < -0.4 is 5.32 Å². The van der Waals surface area contributed by atoms with Crippen LogP contribution in [0.15, 0.2) is 24.3 Å². The van der Waals surface area contributed by atoms with E-state index in [9.17, 15) is 4.79 Å². The lowest BCUT2D eigenvalue weighted by molar-refractivity contribution is 0.221. The number of para-hydroxylation sites is 1. The first-order chi connectivity index (χ1) is 8.69. The Balaban J connectivity index is 2.53. The fourth-order valence-corrected chi connectivity index (χ4v) is 1.86. The van der Waals surface area contributed by atoms with Crippen LogP contribution in [0.2, 0.25) is 0 Å². The lowest BCUT2D eigenvalue weighted by Crippen LogP contribution is -2.32. The van der Waals surface area contributed by atoms with E-state index in [0.717, 1.165) is 25.1 Å². The second-order valence-corrected chi connectivity index (χ2v) is 4.57. The number of urea groups is 1. The van der Waals surface area contributed by atoms with Crippen LogP contribution in [0.1, 0.15) is 38.7 Å². The van der Waals surface area contributed by atoms with Crippen LogP contribution >= 0.6 is 0 Å². The molecule has 2 amide bonds. The maximum atomic E-state index is 12.0. The number of rotatable bonds is 6. The van der Waals surface area contributed by atoms with E-state index >= 15 is 0 Å². The van der Waals surface area contributed by atoms with Crippen molar-refractivity contribution in [3.8, 4) is 0 Å². The normalized spacial score (nSPS) is 10.2. The fourth-order valence-electron chi connectivity index (χ4n) is 1.86. The molecule has 0 radical (unpaired) electrons. The molecule has 3 nitrogen and oxygen atoms in total. The van der Waals surface area contributed by atoms with Gasteiger partial charge in [0, 0.05) is 19.3 Å². The molecule has 1 aromatic carbocycles. The van der Waals surface area contributed by atoms with Crippen LogP contribution in [-0.4, -0.2) is 24.5 Å². The van der Waals surface area contributed by atoms with Crippen molar-refractivity contribution in [1.29, 1.82) is 0 Å². The van der Waals surface area contributed by atoms with Gasteiger partial charge in [0.05, 0.1) is 0 Å². The summed E-state index contributed by atoms with van der Waals surface area (Å²) in [7, 11) is 1.85. The van der Waals surface area contributed by atoms with E-state index in [2.05, 4.69) is 19.2 Å². The van der Waals surface area contributed by atoms with Crippen molar-refractivity contribution in [3.63, 3.8) is 0 Å². The van der Waals surface area contributed by atoms with E-state index < -0.39 is 0 Å². The number of carbonyl (C=O) groups is 1. The van der Waals surface area contributed by atoms with Crippen molar-refractivity contribution in [2.75, 3.05) is 18.9 Å². The van der Waals surface area contributed by atoms with Crippen molar-refractivity contribution in [3.05, 3.63) is 29.8 Å². The van der Waals surface area contributed by atoms with Gasteiger partial charge >= 0.3 is 6.03 Å². The number of unbranched alkanes of at least 4 members (excludes halogenated alkanes) is 2. The van der Waals surface area contributed by atoms with Crippen molar-refractivity contribution >= 4 is 11.7 Å². The number of anilines is 1. The molecule has 1 rings (SSSR count). The number of amides is 2. The molecule has 0 fully saturated rings. The van der Waals surface area contributed by atoms with E-state index in [0.29, 0.717) is 0 Å². The number of aryl methyl sites for hydroxylation is 1. The van der Waals surface area contributed by atoms with Gasteiger partial charge in [0.15, 0.2) is 0 Å². The van der Waals surface area contributed by atoms with Crippen LogP contribution in [0.5, 0.6) is 0 Å². The van der Waals surface area contributed by atoms with Crippen molar-refractivity contribution in [1.82, 2.24) is 4.90 Å². The summed E-state index contributed by atoms with van der Waals surface area (Å²) in [6, 6.07) is 7.93. The fraction of sp³-hybridized carbons (Fsp3) is 0.533. The van der Waals surface area contributed by atoms with Gasteiger partial charge < -0.3 is 10.2 Å². The molecule has 100 valence electrons. The molecule has 0 heterocycles. The molecule has 0 bridgehead atoms. The summed E-state index contributed by atoms with van der Waals surface area (Å²) >= 11 is 0. The number of carbonyl (C=O) groups excluding carboxylic acids is 1. The summed E-state index contributed by atoms with van der Waals surface area (Å²) in [5, 5.41) is 2.98. The molecule has 0 spiro atoms. The Labute approximate surface area is 110 Å². The average Bonchev–Trinajstić information content (AvgIpc) is 2.39. The third kappa shape index (κ3) is 4.40. The number of nitrogens with one attached hydrogen (secondary N) is 1. The van der Waals surface area contributed by atoms with Gasteiger partial charge in [0.1, 0.15) is 0 Å². The minimum Gasteiger partial charge on any atom is -0.328 e. The minimum atomic E-state index is -0.0213. The first kappa shape index (κ1) is 14.6. The van der Waals surface area contributed by atoms with Gasteiger partial charge in [0.2, 0.25) is 0 Å². The van der Waals surface area contributed by atoms with E-state index in [-0.39, 0.29) is 6.03 Å². The topological polar surface area (TPSA) is 32.3 Å². The van der Waals surface area contributed by atoms with Crippen LogP contribution in [0.25, 0.3) is 0 Å². The zero-order valence-electron chi connectivity index (χ0n) is 11.7. The predicted octanol–water partition coefficient (Wildman–Crippen LogP) is 3.90. The van der Waals surface area contributed by atoms with Crippen molar-refractivity contribution in [2.45, 2.75) is 39.5 Å². The number of nitrogens with zero attached hydrogens (tertiary/aromatic N) is 1. The van der Waals surface area contributed by atoms with Gasteiger partial charge in [-0.3, -0.25) is 0 Å². The number of hydrogen-bond donors (Lipinski definition) is 1. The number of benzene rings is 1. The molecule has 0 atom stereocenters. The van der Waals surface area contributed by atoms with E-state index in [1.165, 1.54) is 18.4 Å². The lowest BCUT2D eigenvalue weighted by Gasteiger charge is -2.19. The highest BCUT2D eigenvalue weighted by Gasteiger charge is 2.09.